The Morgan fingerprint density at radius 2 is 1.96 bits per heavy atom. The van der Waals surface area contributed by atoms with Crippen LogP contribution in [0.15, 0.2) is 18.3 Å². The lowest BCUT2D eigenvalue weighted by Gasteiger charge is -2.31. The van der Waals surface area contributed by atoms with E-state index in [9.17, 15) is 9.59 Å². The van der Waals surface area contributed by atoms with Gasteiger partial charge >= 0.3 is 0 Å². The second-order valence-corrected chi connectivity index (χ2v) is 7.11. The average Bonchev–Trinajstić information content (AvgIpc) is 2.92. The fraction of sp³-hybridized carbons (Fsp3) is 0.667. The minimum Gasteiger partial charge on any atom is -0.353 e. The first-order chi connectivity index (χ1) is 11.3. The Labute approximate surface area is 150 Å². The molecule has 0 unspecified atom stereocenters. The van der Waals surface area contributed by atoms with Gasteiger partial charge in [0.15, 0.2) is 0 Å². The van der Waals surface area contributed by atoms with Crippen LogP contribution >= 0.6 is 11.6 Å². The average molecular weight is 356 g/mol. The van der Waals surface area contributed by atoms with E-state index in [1.165, 1.54) is 0 Å². The van der Waals surface area contributed by atoms with Gasteiger partial charge in [-0.15, -0.1) is 11.6 Å². The highest BCUT2D eigenvalue weighted by Crippen LogP contribution is 2.11. The molecule has 1 heterocycles. The number of alkyl halides is 1. The number of nitrogens with zero attached hydrogens (tertiary/aromatic N) is 3. The maximum Gasteiger partial charge on any atom is 0.242 e. The molecule has 5 nitrogen and oxygen atoms in total. The Bertz CT molecular complexity index is 540. The molecule has 0 fully saturated rings. The summed E-state index contributed by atoms with van der Waals surface area (Å²) in [4.78, 5) is 28.4. The molecule has 24 heavy (non-hydrogen) atoms. The lowest BCUT2D eigenvalue weighted by atomic mass is 10.2. The standard InChI is InChI=1S/C18H30ClN3O2/c1-6-7-11-21(12-16-9-8-10-20(16)5)17(23)13-22(14(2)3)18(24)15(4)19/h8-10,14-15H,6-7,11-13H2,1-5H3/t15-/m1/s1. The fourth-order valence-corrected chi connectivity index (χ4v) is 2.61. The van der Waals surface area contributed by atoms with Gasteiger partial charge in [0, 0.05) is 31.5 Å². The van der Waals surface area contributed by atoms with Crippen LogP contribution in [-0.4, -0.2) is 50.7 Å². The molecule has 0 spiro atoms. The zero-order chi connectivity index (χ0) is 18.3. The molecule has 1 aromatic rings. The van der Waals surface area contributed by atoms with Crippen molar-refractivity contribution in [2.45, 2.75) is 58.5 Å². The topological polar surface area (TPSA) is 45.6 Å². The number of carbonyl (C=O) groups excluding carboxylic acids is 2. The highest BCUT2D eigenvalue weighted by Gasteiger charge is 2.26. The highest BCUT2D eigenvalue weighted by molar-refractivity contribution is 6.30. The Hall–Kier alpha value is -1.49. The Balaban J connectivity index is 2.85. The molecule has 0 aromatic carbocycles. The van der Waals surface area contributed by atoms with Gasteiger partial charge in [-0.25, -0.2) is 0 Å². The number of halogens is 1. The summed E-state index contributed by atoms with van der Waals surface area (Å²) in [5.41, 5.74) is 1.08. The van der Waals surface area contributed by atoms with Gasteiger partial charge in [0.1, 0.15) is 11.9 Å². The summed E-state index contributed by atoms with van der Waals surface area (Å²) in [6, 6.07) is 3.92. The summed E-state index contributed by atoms with van der Waals surface area (Å²) in [6.07, 6.45) is 3.93. The van der Waals surface area contributed by atoms with Crippen molar-refractivity contribution in [2.75, 3.05) is 13.1 Å². The molecule has 1 rings (SSSR count). The van der Waals surface area contributed by atoms with Crippen molar-refractivity contribution in [2.24, 2.45) is 7.05 Å². The first-order valence-electron chi connectivity index (χ1n) is 8.60. The minimum atomic E-state index is -0.628. The van der Waals surface area contributed by atoms with E-state index >= 15 is 0 Å². The molecular formula is C18H30ClN3O2. The summed E-state index contributed by atoms with van der Waals surface area (Å²) >= 11 is 5.93. The van der Waals surface area contributed by atoms with Gasteiger partial charge in [0.25, 0.3) is 0 Å². The Morgan fingerprint density at radius 1 is 1.29 bits per heavy atom. The van der Waals surface area contributed by atoms with Crippen molar-refractivity contribution < 1.29 is 9.59 Å². The molecule has 1 atom stereocenters. The maximum atomic E-state index is 12.8. The summed E-state index contributed by atoms with van der Waals surface area (Å²) in [7, 11) is 1.97. The number of aromatic nitrogens is 1. The van der Waals surface area contributed by atoms with E-state index in [1.54, 1.807) is 11.8 Å². The first kappa shape index (κ1) is 20.6. The molecule has 2 amide bonds. The highest BCUT2D eigenvalue weighted by atomic mass is 35.5. The van der Waals surface area contributed by atoms with Crippen LogP contribution in [0.3, 0.4) is 0 Å². The van der Waals surface area contributed by atoms with E-state index in [0.29, 0.717) is 13.1 Å². The Kier molecular flexibility index (Phi) is 8.32. The van der Waals surface area contributed by atoms with E-state index in [2.05, 4.69) is 6.92 Å². The van der Waals surface area contributed by atoms with Crippen molar-refractivity contribution in [3.05, 3.63) is 24.0 Å². The normalized spacial score (nSPS) is 12.3. The molecule has 136 valence electrons. The van der Waals surface area contributed by atoms with E-state index in [0.717, 1.165) is 18.5 Å². The third-order valence-corrected chi connectivity index (χ3v) is 4.28. The summed E-state index contributed by atoms with van der Waals surface area (Å²) in [5, 5.41) is -0.628. The van der Waals surface area contributed by atoms with Crippen molar-refractivity contribution >= 4 is 23.4 Å². The minimum absolute atomic E-state index is 0.0379. The van der Waals surface area contributed by atoms with Crippen molar-refractivity contribution in [1.82, 2.24) is 14.4 Å². The third-order valence-electron chi connectivity index (χ3n) is 4.09. The lowest BCUT2D eigenvalue weighted by Crippen LogP contribution is -2.48. The maximum absolute atomic E-state index is 12.8. The molecule has 0 aliphatic carbocycles. The predicted molar refractivity (Wildman–Crippen MR) is 97.9 cm³/mol. The van der Waals surface area contributed by atoms with Crippen molar-refractivity contribution in [1.29, 1.82) is 0 Å². The molecule has 0 radical (unpaired) electrons. The summed E-state index contributed by atoms with van der Waals surface area (Å²) in [5.74, 6) is -0.238. The van der Waals surface area contributed by atoms with Crippen LogP contribution in [0.5, 0.6) is 0 Å². The van der Waals surface area contributed by atoms with Crippen LogP contribution in [0.1, 0.15) is 46.2 Å². The van der Waals surface area contributed by atoms with Crippen LogP contribution in [0.25, 0.3) is 0 Å². The van der Waals surface area contributed by atoms with Crippen LogP contribution in [0.2, 0.25) is 0 Å². The van der Waals surface area contributed by atoms with E-state index < -0.39 is 5.38 Å². The molecular weight excluding hydrogens is 326 g/mol. The van der Waals surface area contributed by atoms with E-state index in [-0.39, 0.29) is 24.4 Å². The summed E-state index contributed by atoms with van der Waals surface area (Å²) in [6.45, 7) is 8.86. The zero-order valence-corrected chi connectivity index (χ0v) is 16.2. The van der Waals surface area contributed by atoms with Gasteiger partial charge in [0.05, 0.1) is 6.54 Å². The van der Waals surface area contributed by atoms with Gasteiger partial charge in [-0.2, -0.15) is 0 Å². The second kappa shape index (κ2) is 9.72. The molecule has 0 N–H and O–H groups in total. The largest absolute Gasteiger partial charge is 0.353 e. The van der Waals surface area contributed by atoms with Crippen molar-refractivity contribution in [3.63, 3.8) is 0 Å². The summed E-state index contributed by atoms with van der Waals surface area (Å²) < 4.78 is 2.01. The predicted octanol–water partition coefficient (Wildman–Crippen LogP) is 3.02. The number of hydrogen-bond acceptors (Lipinski definition) is 2. The van der Waals surface area contributed by atoms with Gasteiger partial charge in [-0.3, -0.25) is 9.59 Å². The number of unbranched alkanes of at least 4 members (excludes halogenated alkanes) is 1. The number of carbonyl (C=O) groups is 2. The molecule has 0 saturated heterocycles. The number of hydrogen-bond donors (Lipinski definition) is 0. The van der Waals surface area contributed by atoms with Crippen LogP contribution in [-0.2, 0) is 23.2 Å². The van der Waals surface area contributed by atoms with Gasteiger partial charge in [-0.1, -0.05) is 13.3 Å². The van der Waals surface area contributed by atoms with Crippen LogP contribution < -0.4 is 0 Å². The van der Waals surface area contributed by atoms with Crippen molar-refractivity contribution in [3.8, 4) is 0 Å². The zero-order valence-electron chi connectivity index (χ0n) is 15.5. The third kappa shape index (κ3) is 5.86. The van der Waals surface area contributed by atoms with Crippen LogP contribution in [0.4, 0.5) is 0 Å². The molecule has 1 aromatic heterocycles. The van der Waals surface area contributed by atoms with Crippen LogP contribution in [0, 0.1) is 0 Å². The molecule has 0 saturated carbocycles. The smallest absolute Gasteiger partial charge is 0.242 e. The Morgan fingerprint density at radius 3 is 2.42 bits per heavy atom. The monoisotopic (exact) mass is 355 g/mol. The molecule has 6 heteroatoms. The first-order valence-corrected chi connectivity index (χ1v) is 9.04. The molecule has 0 aliphatic rings. The van der Waals surface area contributed by atoms with E-state index in [4.69, 9.17) is 11.6 Å². The quantitative estimate of drug-likeness (QED) is 0.639. The number of rotatable bonds is 9. The second-order valence-electron chi connectivity index (χ2n) is 6.46. The SMILES string of the molecule is CCCCN(Cc1cccn1C)C(=O)CN(C(=O)[C@@H](C)Cl)C(C)C. The fourth-order valence-electron chi connectivity index (χ4n) is 2.49. The lowest BCUT2D eigenvalue weighted by molar-refractivity contribution is -0.142. The van der Waals surface area contributed by atoms with Gasteiger partial charge in [-0.05, 0) is 39.3 Å². The number of amides is 2. The number of aryl methyl sites for hydroxylation is 1. The molecule has 0 bridgehead atoms. The van der Waals surface area contributed by atoms with Gasteiger partial charge < -0.3 is 14.4 Å². The van der Waals surface area contributed by atoms with E-state index in [1.807, 2.05) is 48.7 Å². The molecule has 0 aliphatic heterocycles. The van der Waals surface area contributed by atoms with Gasteiger partial charge in [0.2, 0.25) is 11.8 Å².